The van der Waals surface area contributed by atoms with Crippen LogP contribution in [0.15, 0.2) is 22.7 Å². The molecule has 1 saturated carbocycles. The van der Waals surface area contributed by atoms with Crippen molar-refractivity contribution in [1.82, 2.24) is 0 Å². The van der Waals surface area contributed by atoms with Gasteiger partial charge in [0.25, 0.3) is 0 Å². The van der Waals surface area contributed by atoms with E-state index in [0.29, 0.717) is 5.56 Å². The van der Waals surface area contributed by atoms with Gasteiger partial charge in [0.2, 0.25) is 0 Å². The van der Waals surface area contributed by atoms with E-state index < -0.39 is 0 Å². The number of rotatable bonds is 3. The van der Waals surface area contributed by atoms with Crippen LogP contribution in [0.5, 0.6) is 0 Å². The fraction of sp³-hybridized carbons (Fsp3) is 0.500. The maximum atomic E-state index is 9.66. The molecule has 1 aromatic rings. The Kier molecular flexibility index (Phi) is 4.26. The molecule has 0 radical (unpaired) electrons. The van der Waals surface area contributed by atoms with E-state index >= 15 is 0 Å². The highest BCUT2D eigenvalue weighted by Crippen LogP contribution is 2.32. The molecule has 0 aromatic heterocycles. The summed E-state index contributed by atoms with van der Waals surface area (Å²) in [4.78, 5) is 0. The molecular weight excluding hydrogens is 292 g/mol. The SMILES string of the molecule is N#Cc1cc(Br)cc(NC2(CO)CCCCC2)c1. The average Bonchev–Trinajstić information content (AvgIpc) is 2.39. The van der Waals surface area contributed by atoms with Crippen LogP contribution in [0.1, 0.15) is 37.7 Å². The van der Waals surface area contributed by atoms with Gasteiger partial charge < -0.3 is 10.4 Å². The molecule has 0 aliphatic heterocycles. The van der Waals surface area contributed by atoms with Gasteiger partial charge in [-0.25, -0.2) is 0 Å². The number of aliphatic hydroxyl groups excluding tert-OH is 1. The van der Waals surface area contributed by atoms with E-state index in [9.17, 15) is 5.11 Å². The summed E-state index contributed by atoms with van der Waals surface area (Å²) < 4.78 is 0.882. The number of nitrogens with one attached hydrogen (secondary N) is 1. The first-order chi connectivity index (χ1) is 8.67. The van der Waals surface area contributed by atoms with E-state index in [-0.39, 0.29) is 12.1 Å². The lowest BCUT2D eigenvalue weighted by Crippen LogP contribution is -2.43. The molecule has 1 aliphatic carbocycles. The number of halogens is 1. The molecule has 0 saturated heterocycles. The molecule has 96 valence electrons. The van der Waals surface area contributed by atoms with E-state index in [1.807, 2.05) is 12.1 Å². The Hall–Kier alpha value is -1.05. The summed E-state index contributed by atoms with van der Waals surface area (Å²) in [6.45, 7) is 0.140. The van der Waals surface area contributed by atoms with Crippen molar-refractivity contribution in [2.45, 2.75) is 37.6 Å². The summed E-state index contributed by atoms with van der Waals surface area (Å²) >= 11 is 3.40. The number of benzene rings is 1. The predicted octanol–water partition coefficient (Wildman–Crippen LogP) is 3.43. The van der Waals surface area contributed by atoms with Crippen molar-refractivity contribution in [2.75, 3.05) is 11.9 Å². The van der Waals surface area contributed by atoms with Crippen LogP contribution in [0.2, 0.25) is 0 Å². The standard InChI is InChI=1S/C14H17BrN2O/c15-12-6-11(9-16)7-13(8-12)17-14(10-18)4-2-1-3-5-14/h6-8,17-18H,1-5,10H2. The highest BCUT2D eigenvalue weighted by atomic mass is 79.9. The van der Waals surface area contributed by atoms with Crippen LogP contribution in [-0.4, -0.2) is 17.3 Å². The molecule has 0 bridgehead atoms. The Morgan fingerprint density at radius 1 is 1.28 bits per heavy atom. The monoisotopic (exact) mass is 308 g/mol. The lowest BCUT2D eigenvalue weighted by Gasteiger charge is -2.37. The van der Waals surface area contributed by atoms with Crippen molar-refractivity contribution >= 4 is 21.6 Å². The highest BCUT2D eigenvalue weighted by molar-refractivity contribution is 9.10. The van der Waals surface area contributed by atoms with Crippen LogP contribution >= 0.6 is 15.9 Å². The number of aliphatic hydroxyl groups is 1. The molecule has 0 heterocycles. The van der Waals surface area contributed by atoms with E-state index in [4.69, 9.17) is 5.26 Å². The number of nitrogens with zero attached hydrogens (tertiary/aromatic N) is 1. The summed E-state index contributed by atoms with van der Waals surface area (Å²) in [7, 11) is 0. The Labute approximate surface area is 116 Å². The summed E-state index contributed by atoms with van der Waals surface area (Å²) in [5.74, 6) is 0. The molecule has 0 atom stereocenters. The summed E-state index contributed by atoms with van der Waals surface area (Å²) in [5.41, 5.74) is 1.30. The number of anilines is 1. The molecule has 0 spiro atoms. The Morgan fingerprint density at radius 2 is 2.00 bits per heavy atom. The van der Waals surface area contributed by atoms with E-state index in [1.54, 1.807) is 6.07 Å². The van der Waals surface area contributed by atoms with E-state index in [1.165, 1.54) is 6.42 Å². The summed E-state index contributed by atoms with van der Waals surface area (Å²) in [5, 5.41) is 22.1. The van der Waals surface area contributed by atoms with Gasteiger partial charge in [-0.15, -0.1) is 0 Å². The van der Waals surface area contributed by atoms with Crippen LogP contribution in [-0.2, 0) is 0 Å². The van der Waals surface area contributed by atoms with Crippen LogP contribution in [0.3, 0.4) is 0 Å². The van der Waals surface area contributed by atoms with Crippen LogP contribution in [0.25, 0.3) is 0 Å². The molecule has 2 N–H and O–H groups in total. The normalized spacial score (nSPS) is 18.1. The molecule has 18 heavy (non-hydrogen) atoms. The molecule has 1 aliphatic rings. The zero-order chi connectivity index (χ0) is 13.0. The molecule has 1 aromatic carbocycles. The van der Waals surface area contributed by atoms with Gasteiger partial charge in [-0.2, -0.15) is 5.26 Å². The van der Waals surface area contributed by atoms with Crippen LogP contribution < -0.4 is 5.32 Å². The largest absolute Gasteiger partial charge is 0.394 e. The first-order valence-electron chi connectivity index (χ1n) is 6.27. The quantitative estimate of drug-likeness (QED) is 0.899. The van der Waals surface area contributed by atoms with E-state index in [2.05, 4.69) is 27.3 Å². The number of hydrogen-bond donors (Lipinski definition) is 2. The maximum Gasteiger partial charge on any atom is 0.0992 e. The molecule has 4 heteroatoms. The summed E-state index contributed by atoms with van der Waals surface area (Å²) in [6, 6.07) is 7.71. The molecule has 3 nitrogen and oxygen atoms in total. The lowest BCUT2D eigenvalue weighted by molar-refractivity contribution is 0.173. The highest BCUT2D eigenvalue weighted by Gasteiger charge is 2.31. The van der Waals surface area contributed by atoms with Gasteiger partial charge in [0, 0.05) is 10.2 Å². The third-order valence-electron chi connectivity index (χ3n) is 3.55. The van der Waals surface area contributed by atoms with Crippen molar-refractivity contribution in [3.63, 3.8) is 0 Å². The fourth-order valence-electron chi connectivity index (χ4n) is 2.58. The predicted molar refractivity (Wildman–Crippen MR) is 75.4 cm³/mol. The van der Waals surface area contributed by atoms with Gasteiger partial charge in [0.1, 0.15) is 0 Å². The molecule has 2 rings (SSSR count). The third-order valence-corrected chi connectivity index (χ3v) is 4.01. The fourth-order valence-corrected chi connectivity index (χ4v) is 3.08. The van der Waals surface area contributed by atoms with Crippen molar-refractivity contribution in [3.8, 4) is 6.07 Å². The van der Waals surface area contributed by atoms with Crippen LogP contribution in [0, 0.1) is 11.3 Å². The molecule has 1 fully saturated rings. The van der Waals surface area contributed by atoms with Crippen molar-refractivity contribution < 1.29 is 5.11 Å². The van der Waals surface area contributed by atoms with Crippen LogP contribution in [0.4, 0.5) is 5.69 Å². The number of hydrogen-bond acceptors (Lipinski definition) is 3. The minimum Gasteiger partial charge on any atom is -0.394 e. The first-order valence-corrected chi connectivity index (χ1v) is 7.06. The second-order valence-corrected chi connectivity index (χ2v) is 5.88. The minimum atomic E-state index is -0.216. The molecular formula is C14H17BrN2O. The topological polar surface area (TPSA) is 56.0 Å². The van der Waals surface area contributed by atoms with Gasteiger partial charge in [0.15, 0.2) is 0 Å². The zero-order valence-electron chi connectivity index (χ0n) is 10.2. The average molecular weight is 309 g/mol. The molecule has 0 unspecified atom stereocenters. The van der Waals surface area contributed by atoms with Gasteiger partial charge in [-0.3, -0.25) is 0 Å². The van der Waals surface area contributed by atoms with Gasteiger partial charge in [-0.05, 0) is 31.0 Å². The zero-order valence-corrected chi connectivity index (χ0v) is 11.8. The van der Waals surface area contributed by atoms with Gasteiger partial charge in [0.05, 0.1) is 23.8 Å². The third kappa shape index (κ3) is 3.04. The first kappa shape index (κ1) is 13.4. The smallest absolute Gasteiger partial charge is 0.0992 e. The van der Waals surface area contributed by atoms with Gasteiger partial charge >= 0.3 is 0 Å². The minimum absolute atomic E-state index is 0.140. The second-order valence-electron chi connectivity index (χ2n) is 4.96. The Bertz CT molecular complexity index is 461. The number of nitriles is 1. The van der Waals surface area contributed by atoms with Gasteiger partial charge in [-0.1, -0.05) is 35.2 Å². The Morgan fingerprint density at radius 3 is 2.61 bits per heavy atom. The van der Waals surface area contributed by atoms with Crippen molar-refractivity contribution in [1.29, 1.82) is 5.26 Å². The van der Waals surface area contributed by atoms with Crippen molar-refractivity contribution in [3.05, 3.63) is 28.2 Å². The summed E-state index contributed by atoms with van der Waals surface area (Å²) in [6.07, 6.45) is 5.50. The Balaban J connectivity index is 2.21. The van der Waals surface area contributed by atoms with E-state index in [0.717, 1.165) is 35.8 Å². The van der Waals surface area contributed by atoms with Crippen molar-refractivity contribution in [2.24, 2.45) is 0 Å². The molecule has 0 amide bonds. The maximum absolute atomic E-state index is 9.66. The second kappa shape index (κ2) is 5.73. The lowest BCUT2D eigenvalue weighted by atomic mass is 9.82.